The van der Waals surface area contributed by atoms with Crippen molar-refractivity contribution in [3.05, 3.63) is 36.4 Å². The molecule has 0 aromatic carbocycles. The summed E-state index contributed by atoms with van der Waals surface area (Å²) in [6, 6.07) is 5.74. The minimum atomic E-state index is 0.427. The Morgan fingerprint density at radius 2 is 2.00 bits per heavy atom. The first-order valence-electron chi connectivity index (χ1n) is 7.22. The molecule has 1 aliphatic rings. The lowest BCUT2D eigenvalue weighted by Gasteiger charge is -2.27. The second-order valence-corrected chi connectivity index (χ2v) is 5.55. The number of aromatic nitrogens is 6. The Bertz CT molecular complexity index is 738. The van der Waals surface area contributed by atoms with Crippen molar-refractivity contribution in [3.63, 3.8) is 0 Å². The van der Waals surface area contributed by atoms with Crippen LogP contribution in [-0.4, -0.2) is 54.6 Å². The zero-order valence-electron chi connectivity index (χ0n) is 11.9. The number of rotatable bonds is 2. The summed E-state index contributed by atoms with van der Waals surface area (Å²) in [6.07, 6.45) is 5.83. The first-order valence-corrected chi connectivity index (χ1v) is 7.22. The second kappa shape index (κ2) is 4.92. The van der Waals surface area contributed by atoms with Gasteiger partial charge in [-0.2, -0.15) is 9.61 Å². The largest absolute Gasteiger partial charge is 0.306 e. The summed E-state index contributed by atoms with van der Waals surface area (Å²) in [5.74, 6) is 2.17. The zero-order valence-corrected chi connectivity index (χ0v) is 11.9. The Labute approximate surface area is 122 Å². The quantitative estimate of drug-likeness (QED) is 0.705. The van der Waals surface area contributed by atoms with Gasteiger partial charge in [0, 0.05) is 18.3 Å². The smallest absolute Gasteiger partial charge is 0.178 e. The molecule has 3 aromatic rings. The monoisotopic (exact) mass is 283 g/mol. The predicted molar refractivity (Wildman–Crippen MR) is 77.4 cm³/mol. The molecular weight excluding hydrogens is 266 g/mol. The van der Waals surface area contributed by atoms with Crippen LogP contribution >= 0.6 is 0 Å². The van der Waals surface area contributed by atoms with Gasteiger partial charge in [0.15, 0.2) is 17.3 Å². The lowest BCUT2D eigenvalue weighted by atomic mass is 9.96. The molecule has 21 heavy (non-hydrogen) atoms. The fraction of sp³-hybridized carbons (Fsp3) is 0.429. The van der Waals surface area contributed by atoms with Crippen molar-refractivity contribution < 1.29 is 0 Å². The SMILES string of the molecule is CN1CCC(c2nnc3ccc(-n4cccn4)nn23)CC1. The van der Waals surface area contributed by atoms with Crippen molar-refractivity contribution in [2.24, 2.45) is 0 Å². The van der Waals surface area contributed by atoms with Crippen LogP contribution in [-0.2, 0) is 0 Å². The van der Waals surface area contributed by atoms with E-state index in [0.717, 1.165) is 43.2 Å². The zero-order chi connectivity index (χ0) is 14.2. The van der Waals surface area contributed by atoms with Crippen LogP contribution in [0, 0.1) is 0 Å². The van der Waals surface area contributed by atoms with Gasteiger partial charge in [-0.05, 0) is 51.2 Å². The fourth-order valence-corrected chi connectivity index (χ4v) is 2.84. The summed E-state index contributed by atoms with van der Waals surface area (Å²) in [6.45, 7) is 2.19. The van der Waals surface area contributed by atoms with Gasteiger partial charge < -0.3 is 4.90 Å². The molecule has 1 saturated heterocycles. The highest BCUT2D eigenvalue weighted by Gasteiger charge is 2.23. The van der Waals surface area contributed by atoms with Gasteiger partial charge >= 0.3 is 0 Å². The van der Waals surface area contributed by atoms with Crippen LogP contribution in [0.5, 0.6) is 0 Å². The van der Waals surface area contributed by atoms with Crippen LogP contribution < -0.4 is 0 Å². The van der Waals surface area contributed by atoms with E-state index in [9.17, 15) is 0 Å². The molecule has 0 radical (unpaired) electrons. The van der Waals surface area contributed by atoms with E-state index < -0.39 is 0 Å². The van der Waals surface area contributed by atoms with Gasteiger partial charge in [0.1, 0.15) is 0 Å². The van der Waals surface area contributed by atoms with Crippen molar-refractivity contribution in [2.45, 2.75) is 18.8 Å². The maximum atomic E-state index is 4.65. The summed E-state index contributed by atoms with van der Waals surface area (Å²) in [7, 11) is 2.16. The number of fused-ring (bicyclic) bond motifs is 1. The maximum absolute atomic E-state index is 4.65. The lowest BCUT2D eigenvalue weighted by molar-refractivity contribution is 0.250. The van der Waals surface area contributed by atoms with Gasteiger partial charge in [-0.3, -0.25) is 0 Å². The normalized spacial score (nSPS) is 17.6. The first kappa shape index (κ1) is 12.5. The van der Waals surface area contributed by atoms with Crippen molar-refractivity contribution in [3.8, 4) is 5.82 Å². The van der Waals surface area contributed by atoms with E-state index in [-0.39, 0.29) is 0 Å². The van der Waals surface area contributed by atoms with Crippen molar-refractivity contribution in [1.29, 1.82) is 0 Å². The lowest BCUT2D eigenvalue weighted by Crippen LogP contribution is -2.30. The molecule has 7 heteroatoms. The summed E-state index contributed by atoms with van der Waals surface area (Å²) in [5.41, 5.74) is 0.792. The number of hydrogen-bond donors (Lipinski definition) is 0. The molecule has 1 fully saturated rings. The second-order valence-electron chi connectivity index (χ2n) is 5.55. The highest BCUT2D eigenvalue weighted by atomic mass is 15.4. The van der Waals surface area contributed by atoms with E-state index in [1.54, 1.807) is 10.9 Å². The molecule has 0 spiro atoms. The van der Waals surface area contributed by atoms with Crippen LogP contribution in [0.2, 0.25) is 0 Å². The third-order valence-electron chi connectivity index (χ3n) is 4.10. The maximum Gasteiger partial charge on any atom is 0.178 e. The molecule has 4 heterocycles. The molecule has 4 rings (SSSR count). The van der Waals surface area contributed by atoms with Gasteiger partial charge in [-0.25, -0.2) is 4.68 Å². The molecule has 0 bridgehead atoms. The van der Waals surface area contributed by atoms with E-state index >= 15 is 0 Å². The predicted octanol–water partition coefficient (Wildman–Crippen LogP) is 1.12. The van der Waals surface area contributed by atoms with Gasteiger partial charge in [-0.15, -0.1) is 15.3 Å². The molecule has 3 aromatic heterocycles. The fourth-order valence-electron chi connectivity index (χ4n) is 2.84. The highest BCUT2D eigenvalue weighted by molar-refractivity contribution is 5.39. The molecule has 0 saturated carbocycles. The Hall–Kier alpha value is -2.28. The van der Waals surface area contributed by atoms with Gasteiger partial charge in [-0.1, -0.05) is 0 Å². The van der Waals surface area contributed by atoms with Gasteiger partial charge in [0.05, 0.1) is 0 Å². The van der Waals surface area contributed by atoms with Crippen LogP contribution in [0.3, 0.4) is 0 Å². The minimum absolute atomic E-state index is 0.427. The average molecular weight is 283 g/mol. The molecule has 0 amide bonds. The van der Waals surface area contributed by atoms with Crippen molar-refractivity contribution in [1.82, 2.24) is 34.5 Å². The number of likely N-dealkylation sites (tertiary alicyclic amines) is 1. The molecule has 108 valence electrons. The Balaban J connectivity index is 1.74. The van der Waals surface area contributed by atoms with Crippen molar-refractivity contribution in [2.75, 3.05) is 20.1 Å². The number of piperidine rings is 1. The highest BCUT2D eigenvalue weighted by Crippen LogP contribution is 2.26. The van der Waals surface area contributed by atoms with E-state index in [4.69, 9.17) is 0 Å². The van der Waals surface area contributed by atoms with Crippen LogP contribution in [0.25, 0.3) is 11.5 Å². The van der Waals surface area contributed by atoms with Crippen LogP contribution in [0.1, 0.15) is 24.6 Å². The average Bonchev–Trinajstić information content (AvgIpc) is 3.17. The third kappa shape index (κ3) is 2.19. The Kier molecular flexibility index (Phi) is 2.92. The summed E-state index contributed by atoms with van der Waals surface area (Å²) in [4.78, 5) is 2.35. The third-order valence-corrected chi connectivity index (χ3v) is 4.10. The first-order chi connectivity index (χ1) is 10.3. The Morgan fingerprint density at radius 1 is 1.14 bits per heavy atom. The molecule has 0 aliphatic carbocycles. The van der Waals surface area contributed by atoms with Gasteiger partial charge in [0.2, 0.25) is 0 Å². The van der Waals surface area contributed by atoms with E-state index in [1.165, 1.54) is 0 Å². The Morgan fingerprint density at radius 3 is 2.76 bits per heavy atom. The van der Waals surface area contributed by atoms with Crippen molar-refractivity contribution >= 4 is 5.65 Å². The topological polar surface area (TPSA) is 64.1 Å². The molecular formula is C14H17N7. The van der Waals surface area contributed by atoms with E-state index in [2.05, 4.69) is 32.3 Å². The van der Waals surface area contributed by atoms with Gasteiger partial charge in [0.25, 0.3) is 0 Å². The van der Waals surface area contributed by atoms with Crippen LogP contribution in [0.15, 0.2) is 30.6 Å². The summed E-state index contributed by atoms with van der Waals surface area (Å²) < 4.78 is 3.62. The molecule has 0 atom stereocenters. The minimum Gasteiger partial charge on any atom is -0.306 e. The summed E-state index contributed by atoms with van der Waals surface area (Å²) in [5, 5.41) is 17.5. The number of hydrogen-bond acceptors (Lipinski definition) is 5. The molecule has 0 N–H and O–H groups in total. The molecule has 7 nitrogen and oxygen atoms in total. The van der Waals surface area contributed by atoms with Crippen LogP contribution in [0.4, 0.5) is 0 Å². The molecule has 1 aliphatic heterocycles. The van der Waals surface area contributed by atoms with E-state index in [0.29, 0.717) is 5.92 Å². The summed E-state index contributed by atoms with van der Waals surface area (Å²) >= 11 is 0. The number of nitrogens with zero attached hydrogens (tertiary/aromatic N) is 7. The molecule has 0 unspecified atom stereocenters. The standard InChI is InChI=1S/C14H17N7/c1-19-9-5-11(6-10-19)14-17-16-12-3-4-13(18-21(12)14)20-8-2-7-15-20/h2-4,7-8,11H,5-6,9-10H2,1H3. The van der Waals surface area contributed by atoms with E-state index in [1.807, 2.05) is 28.9 Å².